The summed E-state index contributed by atoms with van der Waals surface area (Å²) >= 11 is 0. The molecule has 1 aliphatic heterocycles. The van der Waals surface area contributed by atoms with Crippen LogP contribution in [0.1, 0.15) is 30.7 Å². The molecule has 160 valence electrons. The largest absolute Gasteiger partial charge is 0.354 e. The first-order chi connectivity index (χ1) is 14.9. The summed E-state index contributed by atoms with van der Waals surface area (Å²) in [6.45, 7) is 0.485. The maximum atomic E-state index is 14.4. The van der Waals surface area contributed by atoms with Crippen molar-refractivity contribution in [2.45, 2.75) is 31.2 Å². The lowest BCUT2D eigenvalue weighted by Crippen LogP contribution is -2.57. The molecule has 5 rings (SSSR count). The van der Waals surface area contributed by atoms with Gasteiger partial charge in [-0.05, 0) is 66.1 Å². The number of β-lactam (4-membered cyclic amide) rings is 1. The van der Waals surface area contributed by atoms with Gasteiger partial charge in [0.25, 0.3) is 0 Å². The third-order valence-electron chi connectivity index (χ3n) is 6.25. The molecule has 0 unspecified atom stereocenters. The second kappa shape index (κ2) is 7.44. The molecule has 31 heavy (non-hydrogen) atoms. The summed E-state index contributed by atoms with van der Waals surface area (Å²) in [5, 5.41) is 5.89. The molecule has 0 radical (unpaired) electrons. The first kappa shape index (κ1) is 19.7. The van der Waals surface area contributed by atoms with Crippen molar-refractivity contribution in [2.24, 2.45) is 5.92 Å². The average molecular weight is 427 g/mol. The van der Waals surface area contributed by atoms with E-state index in [1.807, 2.05) is 0 Å². The maximum absolute atomic E-state index is 14.4. The van der Waals surface area contributed by atoms with E-state index in [4.69, 9.17) is 0 Å². The molecule has 1 aliphatic carbocycles. The van der Waals surface area contributed by atoms with Crippen LogP contribution in [0, 0.1) is 23.4 Å². The summed E-state index contributed by atoms with van der Waals surface area (Å²) in [4.78, 5) is 26.0. The van der Waals surface area contributed by atoms with Crippen molar-refractivity contribution in [2.75, 3.05) is 6.54 Å². The molecule has 2 heterocycles. The van der Waals surface area contributed by atoms with Crippen molar-refractivity contribution in [3.63, 3.8) is 0 Å². The van der Waals surface area contributed by atoms with Gasteiger partial charge in [0.15, 0.2) is 0 Å². The minimum Gasteiger partial charge on any atom is -0.354 e. The van der Waals surface area contributed by atoms with Gasteiger partial charge in [0.2, 0.25) is 11.8 Å². The fourth-order valence-corrected chi connectivity index (χ4v) is 4.53. The van der Waals surface area contributed by atoms with E-state index in [0.29, 0.717) is 23.2 Å². The van der Waals surface area contributed by atoms with Gasteiger partial charge in [-0.15, -0.1) is 0 Å². The minimum absolute atomic E-state index is 0.0558. The van der Waals surface area contributed by atoms with E-state index < -0.39 is 17.7 Å². The van der Waals surface area contributed by atoms with Crippen LogP contribution in [0.15, 0.2) is 36.4 Å². The van der Waals surface area contributed by atoms with Gasteiger partial charge in [0.05, 0.1) is 17.6 Å². The maximum Gasteiger partial charge on any atom is 0.243 e. The van der Waals surface area contributed by atoms with Crippen LogP contribution >= 0.6 is 0 Å². The Kier molecular flexibility index (Phi) is 4.72. The molecule has 1 aromatic heterocycles. The fraction of sp³-hybridized carbons (Fsp3) is 0.304. The summed E-state index contributed by atoms with van der Waals surface area (Å²) < 4.78 is 41.8. The lowest BCUT2D eigenvalue weighted by molar-refractivity contribution is -0.137. The molecule has 1 saturated heterocycles. The molecular weight excluding hydrogens is 407 g/mol. The second-order valence-corrected chi connectivity index (χ2v) is 8.33. The van der Waals surface area contributed by atoms with Crippen LogP contribution in [0.2, 0.25) is 0 Å². The number of hydrogen-bond donors (Lipinski definition) is 3. The van der Waals surface area contributed by atoms with Gasteiger partial charge < -0.3 is 15.6 Å². The Balaban J connectivity index is 1.38. The highest BCUT2D eigenvalue weighted by Crippen LogP contribution is 2.48. The van der Waals surface area contributed by atoms with Crippen LogP contribution in [0.3, 0.4) is 0 Å². The van der Waals surface area contributed by atoms with E-state index in [0.717, 1.165) is 24.5 Å². The van der Waals surface area contributed by atoms with Gasteiger partial charge in [0, 0.05) is 18.0 Å². The summed E-state index contributed by atoms with van der Waals surface area (Å²) in [5.74, 6) is -1.73. The third kappa shape index (κ3) is 3.56. The minimum atomic E-state index is -0.671. The van der Waals surface area contributed by atoms with Crippen LogP contribution in [-0.2, 0) is 9.59 Å². The standard InChI is InChI=1S/C23H20F3N3O2/c24-14-3-1-12(2-4-14)21-20(16-7-15(25)8-17(26)22(16)29-21)13-5-11(6-13)10-27-23(31)18-9-19(30)28-18/h1-4,7-8,11,13,18,29H,5-6,9-10H2,(H,27,31)(H,28,30)/t11?,13?,18-/m1/s1. The Hall–Kier alpha value is -3.29. The molecule has 3 aromatic rings. The molecule has 1 atom stereocenters. The number of H-pyrrole nitrogens is 1. The van der Waals surface area contributed by atoms with Crippen molar-refractivity contribution >= 4 is 22.7 Å². The molecule has 2 aromatic carbocycles. The van der Waals surface area contributed by atoms with Crippen molar-refractivity contribution in [1.82, 2.24) is 15.6 Å². The molecule has 2 aliphatic rings. The highest BCUT2D eigenvalue weighted by molar-refractivity contribution is 5.97. The summed E-state index contributed by atoms with van der Waals surface area (Å²) in [5.41, 5.74) is 2.40. The second-order valence-electron chi connectivity index (χ2n) is 8.33. The van der Waals surface area contributed by atoms with Crippen molar-refractivity contribution < 1.29 is 22.8 Å². The highest BCUT2D eigenvalue weighted by atomic mass is 19.1. The third-order valence-corrected chi connectivity index (χ3v) is 6.25. The number of nitrogens with one attached hydrogen (secondary N) is 3. The molecule has 0 spiro atoms. The van der Waals surface area contributed by atoms with Gasteiger partial charge in [-0.3, -0.25) is 9.59 Å². The Labute approximate surface area is 176 Å². The van der Waals surface area contributed by atoms with E-state index in [1.165, 1.54) is 18.2 Å². The summed E-state index contributed by atoms with van der Waals surface area (Å²) in [6, 6.07) is 7.61. The Morgan fingerprint density at radius 1 is 1.06 bits per heavy atom. The van der Waals surface area contributed by atoms with Crippen molar-refractivity contribution in [1.29, 1.82) is 0 Å². The van der Waals surface area contributed by atoms with Crippen molar-refractivity contribution in [3.05, 3.63) is 59.4 Å². The first-order valence-corrected chi connectivity index (χ1v) is 10.2. The average Bonchev–Trinajstić information content (AvgIpc) is 3.04. The topological polar surface area (TPSA) is 74.0 Å². The Morgan fingerprint density at radius 3 is 2.45 bits per heavy atom. The van der Waals surface area contributed by atoms with Gasteiger partial charge >= 0.3 is 0 Å². The highest BCUT2D eigenvalue weighted by Gasteiger charge is 2.36. The van der Waals surface area contributed by atoms with Crippen molar-refractivity contribution in [3.8, 4) is 11.3 Å². The Bertz CT molecular complexity index is 1170. The van der Waals surface area contributed by atoms with E-state index in [2.05, 4.69) is 15.6 Å². The molecule has 2 amide bonds. The monoisotopic (exact) mass is 427 g/mol. The SMILES string of the molecule is O=C1C[C@H](C(=O)NCC2CC(c3c(-c4ccc(F)cc4)[nH]c4c(F)cc(F)cc34)C2)N1. The van der Waals surface area contributed by atoms with Crippen LogP contribution in [-0.4, -0.2) is 29.4 Å². The van der Waals surface area contributed by atoms with E-state index >= 15 is 0 Å². The number of carbonyl (C=O) groups is 2. The van der Waals surface area contributed by atoms with Crippen LogP contribution < -0.4 is 10.6 Å². The van der Waals surface area contributed by atoms with Crippen LogP contribution in [0.4, 0.5) is 13.2 Å². The number of hydrogen-bond acceptors (Lipinski definition) is 2. The van der Waals surface area contributed by atoms with Gasteiger partial charge in [-0.1, -0.05) is 0 Å². The number of carbonyl (C=O) groups excluding carboxylic acids is 2. The predicted molar refractivity (Wildman–Crippen MR) is 109 cm³/mol. The molecule has 3 N–H and O–H groups in total. The fourth-order valence-electron chi connectivity index (χ4n) is 4.53. The molecule has 2 fully saturated rings. The van der Waals surface area contributed by atoms with Gasteiger partial charge in [0.1, 0.15) is 23.5 Å². The smallest absolute Gasteiger partial charge is 0.243 e. The summed E-state index contributed by atoms with van der Waals surface area (Å²) in [6.07, 6.45) is 1.71. The number of aromatic nitrogens is 1. The molecular formula is C23H20F3N3O2. The van der Waals surface area contributed by atoms with E-state index in [-0.39, 0.29) is 41.4 Å². The van der Waals surface area contributed by atoms with Gasteiger partial charge in [-0.25, -0.2) is 13.2 Å². The first-order valence-electron chi connectivity index (χ1n) is 10.2. The van der Waals surface area contributed by atoms with E-state index in [1.54, 1.807) is 12.1 Å². The number of fused-ring (bicyclic) bond motifs is 1. The quantitative estimate of drug-likeness (QED) is 0.543. The zero-order chi connectivity index (χ0) is 21.7. The number of halogens is 3. The molecule has 1 saturated carbocycles. The molecule has 5 nitrogen and oxygen atoms in total. The van der Waals surface area contributed by atoms with E-state index in [9.17, 15) is 22.8 Å². The predicted octanol–water partition coefficient (Wildman–Crippen LogP) is 3.75. The van der Waals surface area contributed by atoms with Crippen LogP contribution in [0.25, 0.3) is 22.2 Å². The van der Waals surface area contributed by atoms with Crippen LogP contribution in [0.5, 0.6) is 0 Å². The molecule has 0 bridgehead atoms. The number of benzene rings is 2. The Morgan fingerprint density at radius 2 is 1.77 bits per heavy atom. The van der Waals surface area contributed by atoms with Gasteiger partial charge in [-0.2, -0.15) is 0 Å². The number of aromatic amines is 1. The zero-order valence-corrected chi connectivity index (χ0v) is 16.5. The number of amides is 2. The lowest BCUT2D eigenvalue weighted by atomic mass is 9.70. The lowest BCUT2D eigenvalue weighted by Gasteiger charge is -2.37. The molecule has 8 heteroatoms. The summed E-state index contributed by atoms with van der Waals surface area (Å²) in [7, 11) is 0. The number of rotatable bonds is 5. The zero-order valence-electron chi connectivity index (χ0n) is 16.5. The normalized spacial score (nSPS) is 22.5.